The van der Waals surface area contributed by atoms with Gasteiger partial charge in [-0.2, -0.15) is 12.6 Å². The van der Waals surface area contributed by atoms with E-state index >= 15 is 0 Å². The highest BCUT2D eigenvalue weighted by atomic mass is 32.2. The predicted octanol–water partition coefficient (Wildman–Crippen LogP) is 6.55. The third-order valence-corrected chi connectivity index (χ3v) is 11.6. The van der Waals surface area contributed by atoms with Crippen molar-refractivity contribution in [2.45, 2.75) is 41.4 Å². The van der Waals surface area contributed by atoms with Gasteiger partial charge in [0, 0.05) is 34.7 Å². The van der Waals surface area contributed by atoms with E-state index in [-0.39, 0.29) is 17.7 Å². The van der Waals surface area contributed by atoms with Crippen LogP contribution in [0.4, 0.5) is 11.4 Å². The Kier molecular flexibility index (Phi) is 10.0. The zero-order valence-electron chi connectivity index (χ0n) is 24.7. The number of hydrogen-bond donors (Lipinski definition) is 3. The summed E-state index contributed by atoms with van der Waals surface area (Å²) in [5.41, 5.74) is 3.47. The number of allylic oxidation sites excluding steroid dienone is 2. The van der Waals surface area contributed by atoms with E-state index in [9.17, 15) is 17.2 Å². The number of rotatable bonds is 12. The molecule has 2 aliphatic rings. The van der Waals surface area contributed by atoms with Crippen LogP contribution >= 0.6 is 23.5 Å². The monoisotopic (exact) mass is 683 g/mol. The largest absolute Gasteiger partial charge is 0.354 e. The fourth-order valence-corrected chi connectivity index (χ4v) is 9.38. The Morgan fingerprint density at radius 1 is 1.00 bits per heavy atom. The maximum absolute atomic E-state index is 11.6. The van der Waals surface area contributed by atoms with E-state index in [4.69, 9.17) is 8.74 Å². The van der Waals surface area contributed by atoms with Gasteiger partial charge in [-0.15, -0.1) is 0 Å². The van der Waals surface area contributed by atoms with E-state index in [2.05, 4.69) is 72.5 Å². The molecular weight excluding hydrogens is 649 g/mol. The van der Waals surface area contributed by atoms with Gasteiger partial charge in [0.05, 0.1) is 34.9 Å². The molecule has 0 saturated heterocycles. The van der Waals surface area contributed by atoms with E-state index in [0.717, 1.165) is 48.7 Å². The summed E-state index contributed by atoms with van der Waals surface area (Å²) >= 11 is 1.21. The molecule has 2 aliphatic heterocycles. The third kappa shape index (κ3) is 7.34. The van der Waals surface area contributed by atoms with Gasteiger partial charge in [-0.3, -0.25) is 18.2 Å². The highest BCUT2D eigenvalue weighted by molar-refractivity contribution is 8.03. The van der Waals surface area contributed by atoms with Gasteiger partial charge in [0.1, 0.15) is 0 Å². The Bertz CT molecular complexity index is 1930. The Labute approximate surface area is 274 Å². The zero-order chi connectivity index (χ0) is 31.6. The van der Waals surface area contributed by atoms with Crippen LogP contribution in [0.15, 0.2) is 105 Å². The van der Waals surface area contributed by atoms with Gasteiger partial charge < -0.3 is 4.90 Å². The van der Waals surface area contributed by atoms with E-state index in [1.54, 1.807) is 23.5 Å². The molecule has 0 bridgehead atoms. The average Bonchev–Trinajstić information content (AvgIpc) is 3.55. The van der Waals surface area contributed by atoms with E-state index in [0.29, 0.717) is 25.9 Å². The van der Waals surface area contributed by atoms with E-state index in [1.807, 2.05) is 24.3 Å². The van der Waals surface area contributed by atoms with Gasteiger partial charge in [-0.1, -0.05) is 73.3 Å². The Hall–Kier alpha value is -2.68. The second-order valence-corrected chi connectivity index (χ2v) is 15.4. The lowest BCUT2D eigenvalue weighted by molar-refractivity contribution is -0.779. The molecule has 236 valence electrons. The first-order valence-electron chi connectivity index (χ1n) is 14.8. The van der Waals surface area contributed by atoms with Crippen molar-refractivity contribution in [1.82, 2.24) is 0 Å². The van der Waals surface area contributed by atoms with E-state index < -0.39 is 21.5 Å². The Morgan fingerprint density at radius 2 is 1.69 bits per heavy atom. The van der Waals surface area contributed by atoms with Crippen molar-refractivity contribution in [3.05, 3.63) is 95.6 Å². The van der Waals surface area contributed by atoms with Crippen LogP contribution in [0.5, 0.6) is 0 Å². The molecule has 45 heavy (non-hydrogen) atoms. The summed E-state index contributed by atoms with van der Waals surface area (Å²) in [7, 11) is -4.06. The lowest BCUT2D eigenvalue weighted by Gasteiger charge is -2.26. The SMILES string of the molecule is CCC(=CC1Sc2ccc3ccccc3c2N1CCCOS(=O)O)C=C1Sc2ccc3ccccc3c2[NH+]1CCCS(=O)(=O)O. The summed E-state index contributed by atoms with van der Waals surface area (Å²) in [6.07, 6.45) is 6.25. The number of thioether (sulfide) groups is 2. The molecule has 4 aromatic rings. The van der Waals surface area contributed by atoms with Crippen molar-refractivity contribution in [3.8, 4) is 0 Å². The van der Waals surface area contributed by atoms with Crippen LogP contribution in [0.2, 0.25) is 0 Å². The van der Waals surface area contributed by atoms with E-state index in [1.165, 1.54) is 16.0 Å². The lowest BCUT2D eigenvalue weighted by atomic mass is 10.1. The molecule has 3 N–H and O–H groups in total. The minimum absolute atomic E-state index is 0.00909. The van der Waals surface area contributed by atoms with Gasteiger partial charge in [-0.05, 0) is 65.2 Å². The second kappa shape index (κ2) is 14.0. The van der Waals surface area contributed by atoms with Gasteiger partial charge in [0.15, 0.2) is 10.7 Å². The molecule has 0 saturated carbocycles. The molecule has 0 fully saturated rings. The molecule has 0 aliphatic carbocycles. The molecule has 4 aromatic carbocycles. The maximum atomic E-state index is 11.6. The fraction of sp³-hybridized carbons (Fsp3) is 0.273. The van der Waals surface area contributed by atoms with Crippen LogP contribution in [-0.4, -0.2) is 52.6 Å². The quantitative estimate of drug-likeness (QED) is 0.0870. The highest BCUT2D eigenvalue weighted by Crippen LogP contribution is 2.48. The van der Waals surface area contributed by atoms with Crippen molar-refractivity contribution in [3.63, 3.8) is 0 Å². The van der Waals surface area contributed by atoms with Crippen molar-refractivity contribution in [2.75, 3.05) is 30.3 Å². The van der Waals surface area contributed by atoms with Crippen LogP contribution in [-0.2, 0) is 25.7 Å². The highest BCUT2D eigenvalue weighted by Gasteiger charge is 2.34. The maximum Gasteiger partial charge on any atom is 0.301 e. The minimum Gasteiger partial charge on any atom is -0.354 e. The smallest absolute Gasteiger partial charge is 0.301 e. The van der Waals surface area contributed by atoms with Crippen molar-refractivity contribution < 1.29 is 30.8 Å². The van der Waals surface area contributed by atoms with Crippen LogP contribution in [0.1, 0.15) is 26.2 Å². The number of hydrogen-bond acceptors (Lipinski definition) is 7. The molecule has 0 radical (unpaired) electrons. The fourth-order valence-electron chi connectivity index (χ4n) is 6.04. The number of nitrogens with zero attached hydrogens (tertiary/aromatic N) is 1. The summed E-state index contributed by atoms with van der Waals surface area (Å²) in [4.78, 5) is 5.81. The first-order valence-corrected chi connectivity index (χ1v) is 19.2. The Balaban J connectivity index is 1.35. The van der Waals surface area contributed by atoms with Crippen molar-refractivity contribution in [1.29, 1.82) is 0 Å². The predicted molar refractivity (Wildman–Crippen MR) is 185 cm³/mol. The molecule has 3 atom stereocenters. The zero-order valence-corrected chi connectivity index (χ0v) is 28.0. The van der Waals surface area contributed by atoms with Gasteiger partial charge in [-0.25, -0.2) is 0 Å². The number of fused-ring (bicyclic) bond motifs is 6. The first-order chi connectivity index (χ1) is 21.7. The van der Waals surface area contributed by atoms with Gasteiger partial charge in [0.25, 0.3) is 10.1 Å². The normalized spacial score (nSPS) is 19.8. The summed E-state index contributed by atoms with van der Waals surface area (Å²) in [5.74, 6) is -0.279. The summed E-state index contributed by atoms with van der Waals surface area (Å²) in [6.45, 7) is 3.50. The molecule has 3 unspecified atom stereocenters. The molecule has 12 heteroatoms. The molecule has 0 amide bonds. The summed E-state index contributed by atoms with van der Waals surface area (Å²) < 4.78 is 57.7. The second-order valence-electron chi connectivity index (χ2n) is 11.0. The van der Waals surface area contributed by atoms with Crippen molar-refractivity contribution in [2.24, 2.45) is 0 Å². The molecule has 2 heterocycles. The minimum atomic E-state index is -4.06. The average molecular weight is 684 g/mol. The first kappa shape index (κ1) is 32.3. The summed E-state index contributed by atoms with van der Waals surface area (Å²) in [6, 6.07) is 25.2. The molecule has 0 aromatic heterocycles. The number of benzene rings is 4. The van der Waals surface area contributed by atoms with Gasteiger partial charge in [0.2, 0.25) is 0 Å². The topological polar surface area (TPSA) is 109 Å². The van der Waals surface area contributed by atoms with Gasteiger partial charge >= 0.3 is 11.4 Å². The van der Waals surface area contributed by atoms with Crippen LogP contribution in [0.25, 0.3) is 21.5 Å². The number of anilines is 1. The summed E-state index contributed by atoms with van der Waals surface area (Å²) in [5, 5.41) is 5.71. The molecule has 0 spiro atoms. The Morgan fingerprint density at radius 3 is 2.40 bits per heavy atom. The molecular formula is C33H35N2O6S4+. The number of quaternary nitrogens is 1. The third-order valence-electron chi connectivity index (χ3n) is 8.05. The van der Waals surface area contributed by atoms with Crippen LogP contribution in [0, 0.1) is 0 Å². The van der Waals surface area contributed by atoms with Crippen LogP contribution < -0.4 is 9.80 Å². The van der Waals surface area contributed by atoms with Crippen LogP contribution in [0.3, 0.4) is 0 Å². The van der Waals surface area contributed by atoms with Crippen molar-refractivity contribution >= 4 is 77.9 Å². The number of nitrogens with one attached hydrogen (secondary N) is 1. The molecule has 8 nitrogen and oxygen atoms in total. The molecule has 6 rings (SSSR count). The lowest BCUT2D eigenvalue weighted by Crippen LogP contribution is -3.03. The standard InChI is InChI=1S/C33H34N2O6S4/c1-2-23(21-30-34(17-7-19-41-44(36)37)32-26-11-5-3-9-24(26)13-15-28(32)42-30)22-31-35(18-8-20-45(38,39)40)33-27-12-6-4-10-25(27)14-16-29(33)43-31/h3-6,9-16,21-22,30H,2,7-8,17-20H2,1H3,(H,36,37)(H,38,39,40)/p+1.